The molecule has 0 spiro atoms. The third-order valence-electron chi connectivity index (χ3n) is 3.20. The standard InChI is InChI=1S/C11H16F3NO6S/c1-2-21-9(16)6-8(11(12,13)14)22(19,20)15-5-3-4-7(15)10(17)18/h7-8H,2-6H2,1H3,(H,17,18). The quantitative estimate of drug-likeness (QED) is 0.712. The van der Waals surface area contributed by atoms with Gasteiger partial charge in [0.05, 0.1) is 13.0 Å². The van der Waals surface area contributed by atoms with E-state index in [9.17, 15) is 31.2 Å². The molecule has 0 amide bonds. The molecule has 128 valence electrons. The maximum atomic E-state index is 13.0. The Balaban J connectivity index is 3.11. The number of carbonyl (C=O) groups excluding carboxylic acids is 1. The van der Waals surface area contributed by atoms with E-state index < -0.39 is 45.9 Å². The summed E-state index contributed by atoms with van der Waals surface area (Å²) in [6, 6.07) is -1.54. The number of hydrogen-bond donors (Lipinski definition) is 1. The summed E-state index contributed by atoms with van der Waals surface area (Å²) in [5, 5.41) is 5.90. The van der Waals surface area contributed by atoms with Crippen molar-refractivity contribution in [3.63, 3.8) is 0 Å². The average Bonchev–Trinajstić information content (AvgIpc) is 2.84. The second-order valence-corrected chi connectivity index (χ2v) is 6.76. The zero-order chi connectivity index (χ0) is 17.1. The predicted octanol–water partition coefficient (Wildman–Crippen LogP) is 0.749. The Morgan fingerprint density at radius 1 is 1.41 bits per heavy atom. The third kappa shape index (κ3) is 4.09. The molecule has 1 fully saturated rings. The normalized spacial score (nSPS) is 21.5. The van der Waals surface area contributed by atoms with Gasteiger partial charge < -0.3 is 9.84 Å². The van der Waals surface area contributed by atoms with Crippen LogP contribution in [0.4, 0.5) is 13.2 Å². The summed E-state index contributed by atoms with van der Waals surface area (Å²) >= 11 is 0. The molecule has 1 aliphatic rings. The number of hydrogen-bond acceptors (Lipinski definition) is 5. The largest absolute Gasteiger partial charge is 0.480 e. The highest BCUT2D eigenvalue weighted by Crippen LogP contribution is 2.34. The summed E-state index contributed by atoms with van der Waals surface area (Å²) in [7, 11) is -5.04. The molecule has 11 heteroatoms. The smallest absolute Gasteiger partial charge is 0.407 e. The van der Waals surface area contributed by atoms with Gasteiger partial charge in [0.1, 0.15) is 6.04 Å². The molecule has 0 aliphatic carbocycles. The zero-order valence-electron chi connectivity index (χ0n) is 11.7. The van der Waals surface area contributed by atoms with Crippen LogP contribution in [0.15, 0.2) is 0 Å². The molecule has 0 saturated carbocycles. The van der Waals surface area contributed by atoms with Gasteiger partial charge in [-0.3, -0.25) is 9.59 Å². The number of ether oxygens (including phenoxy) is 1. The summed E-state index contributed by atoms with van der Waals surface area (Å²) in [6.07, 6.45) is -6.54. The Labute approximate surface area is 125 Å². The molecular formula is C11H16F3NO6S. The fourth-order valence-electron chi connectivity index (χ4n) is 2.22. The number of nitrogens with zero attached hydrogens (tertiary/aromatic N) is 1. The van der Waals surface area contributed by atoms with Crippen LogP contribution in [0, 0.1) is 0 Å². The SMILES string of the molecule is CCOC(=O)CC(C(F)(F)F)S(=O)(=O)N1CCCC1C(=O)O. The molecule has 2 atom stereocenters. The highest BCUT2D eigenvalue weighted by Gasteiger charge is 2.54. The van der Waals surface area contributed by atoms with E-state index >= 15 is 0 Å². The topological polar surface area (TPSA) is 101 Å². The van der Waals surface area contributed by atoms with Crippen LogP contribution < -0.4 is 0 Å². The molecule has 0 aromatic rings. The Bertz CT molecular complexity index is 532. The lowest BCUT2D eigenvalue weighted by Crippen LogP contribution is -2.50. The van der Waals surface area contributed by atoms with Gasteiger partial charge in [0.2, 0.25) is 10.0 Å². The van der Waals surface area contributed by atoms with Crippen LogP contribution in [0.25, 0.3) is 0 Å². The maximum absolute atomic E-state index is 13.0. The lowest BCUT2D eigenvalue weighted by atomic mass is 10.2. The number of halogens is 3. The van der Waals surface area contributed by atoms with Crippen molar-refractivity contribution in [1.82, 2.24) is 4.31 Å². The molecule has 1 heterocycles. The summed E-state index contributed by atoms with van der Waals surface area (Å²) in [5.74, 6) is -2.82. The minimum Gasteiger partial charge on any atom is -0.480 e. The van der Waals surface area contributed by atoms with Crippen molar-refractivity contribution < 1.29 is 41.0 Å². The van der Waals surface area contributed by atoms with Crippen LogP contribution in [0.5, 0.6) is 0 Å². The Morgan fingerprint density at radius 3 is 2.45 bits per heavy atom. The van der Waals surface area contributed by atoms with Gasteiger partial charge in [-0.05, 0) is 19.8 Å². The minimum atomic E-state index is -5.21. The molecular weight excluding hydrogens is 331 g/mol. The number of esters is 1. The number of carboxylic acid groups (broad SMARTS) is 1. The summed E-state index contributed by atoms with van der Waals surface area (Å²) < 4.78 is 68.1. The first-order chi connectivity index (χ1) is 10.0. The van der Waals surface area contributed by atoms with E-state index in [-0.39, 0.29) is 26.0 Å². The van der Waals surface area contributed by atoms with Gasteiger partial charge in [0.25, 0.3) is 0 Å². The summed E-state index contributed by atoms with van der Waals surface area (Å²) in [6.45, 7) is 0.857. The number of alkyl halides is 3. The van der Waals surface area contributed by atoms with Crippen molar-refractivity contribution >= 4 is 22.0 Å². The maximum Gasteiger partial charge on any atom is 0.407 e. The van der Waals surface area contributed by atoms with Crippen LogP contribution in [0.1, 0.15) is 26.2 Å². The lowest BCUT2D eigenvalue weighted by Gasteiger charge is -2.27. The summed E-state index contributed by atoms with van der Waals surface area (Å²) in [4.78, 5) is 22.2. The van der Waals surface area contributed by atoms with Gasteiger partial charge in [0.15, 0.2) is 5.25 Å². The van der Waals surface area contributed by atoms with Crippen molar-refractivity contribution in [2.75, 3.05) is 13.2 Å². The monoisotopic (exact) mass is 347 g/mol. The van der Waals surface area contributed by atoms with E-state index in [1.807, 2.05) is 0 Å². The zero-order valence-corrected chi connectivity index (χ0v) is 12.5. The van der Waals surface area contributed by atoms with Gasteiger partial charge in [0, 0.05) is 6.54 Å². The molecule has 22 heavy (non-hydrogen) atoms. The van der Waals surface area contributed by atoms with Crippen LogP contribution in [-0.2, 0) is 24.3 Å². The van der Waals surface area contributed by atoms with Crippen LogP contribution in [0.3, 0.4) is 0 Å². The highest BCUT2D eigenvalue weighted by molar-refractivity contribution is 7.89. The second-order valence-electron chi connectivity index (χ2n) is 4.69. The fourth-order valence-corrected chi connectivity index (χ4v) is 4.16. The summed E-state index contributed by atoms with van der Waals surface area (Å²) in [5.41, 5.74) is 0. The molecule has 1 aliphatic heterocycles. The van der Waals surface area contributed by atoms with Crippen LogP contribution in [-0.4, -0.2) is 60.4 Å². The van der Waals surface area contributed by atoms with E-state index in [0.29, 0.717) is 4.31 Å². The second kappa shape index (κ2) is 6.82. The number of carbonyl (C=O) groups is 2. The Morgan fingerprint density at radius 2 is 2.00 bits per heavy atom. The number of rotatable bonds is 6. The van der Waals surface area contributed by atoms with Gasteiger partial charge in [-0.25, -0.2) is 8.42 Å². The molecule has 0 aromatic carbocycles. The number of sulfonamides is 1. The van der Waals surface area contributed by atoms with Gasteiger partial charge in [-0.1, -0.05) is 0 Å². The van der Waals surface area contributed by atoms with E-state index in [1.54, 1.807) is 0 Å². The third-order valence-corrected chi connectivity index (χ3v) is 5.44. The minimum absolute atomic E-state index is 0.0709. The lowest BCUT2D eigenvalue weighted by molar-refractivity contribution is -0.155. The molecule has 1 saturated heterocycles. The average molecular weight is 347 g/mol. The Hall–Kier alpha value is -1.36. The first-order valence-electron chi connectivity index (χ1n) is 6.47. The van der Waals surface area contributed by atoms with Crippen LogP contribution >= 0.6 is 0 Å². The van der Waals surface area contributed by atoms with Crippen molar-refractivity contribution in [2.24, 2.45) is 0 Å². The van der Waals surface area contributed by atoms with Crippen LogP contribution in [0.2, 0.25) is 0 Å². The van der Waals surface area contributed by atoms with E-state index in [0.717, 1.165) is 0 Å². The Kier molecular flexibility index (Phi) is 5.79. The van der Waals surface area contributed by atoms with E-state index in [2.05, 4.69) is 4.74 Å². The number of carboxylic acids is 1. The van der Waals surface area contributed by atoms with Crippen molar-refractivity contribution in [3.05, 3.63) is 0 Å². The molecule has 0 bridgehead atoms. The van der Waals surface area contributed by atoms with Gasteiger partial charge in [-0.15, -0.1) is 0 Å². The van der Waals surface area contributed by atoms with Gasteiger partial charge >= 0.3 is 18.1 Å². The first-order valence-corrected chi connectivity index (χ1v) is 7.98. The van der Waals surface area contributed by atoms with Crippen molar-refractivity contribution in [1.29, 1.82) is 0 Å². The fraction of sp³-hybridized carbons (Fsp3) is 0.818. The molecule has 2 unspecified atom stereocenters. The van der Waals surface area contributed by atoms with E-state index in [1.165, 1.54) is 6.92 Å². The molecule has 1 rings (SSSR count). The molecule has 0 radical (unpaired) electrons. The van der Waals surface area contributed by atoms with E-state index in [4.69, 9.17) is 5.11 Å². The first kappa shape index (κ1) is 18.7. The molecule has 1 N–H and O–H groups in total. The predicted molar refractivity (Wildman–Crippen MR) is 67.4 cm³/mol. The molecule has 0 aromatic heterocycles. The van der Waals surface area contributed by atoms with Crippen molar-refractivity contribution in [3.8, 4) is 0 Å². The van der Waals surface area contributed by atoms with Crippen molar-refractivity contribution in [2.45, 2.75) is 43.7 Å². The highest BCUT2D eigenvalue weighted by atomic mass is 32.2. The van der Waals surface area contributed by atoms with Gasteiger partial charge in [-0.2, -0.15) is 17.5 Å². The number of aliphatic carboxylic acids is 1. The molecule has 7 nitrogen and oxygen atoms in total.